The van der Waals surface area contributed by atoms with Gasteiger partial charge in [0.1, 0.15) is 17.0 Å². The van der Waals surface area contributed by atoms with Gasteiger partial charge in [0.2, 0.25) is 11.8 Å². The number of nitrogens with one attached hydrogen (secondary N) is 2. The first-order valence-electron chi connectivity index (χ1n) is 11.0. The van der Waals surface area contributed by atoms with E-state index in [4.69, 9.17) is 0 Å². The van der Waals surface area contributed by atoms with E-state index >= 15 is 0 Å². The van der Waals surface area contributed by atoms with Gasteiger partial charge in [0.05, 0.1) is 11.3 Å². The molecule has 170 valence electrons. The van der Waals surface area contributed by atoms with E-state index in [2.05, 4.69) is 21.7 Å². The summed E-state index contributed by atoms with van der Waals surface area (Å²) in [5.74, 6) is -2.11. The van der Waals surface area contributed by atoms with Crippen LogP contribution in [0.15, 0.2) is 35.3 Å². The van der Waals surface area contributed by atoms with Gasteiger partial charge in [-0.2, -0.15) is 10.3 Å². The van der Waals surface area contributed by atoms with Gasteiger partial charge < -0.3 is 10.6 Å². The van der Waals surface area contributed by atoms with E-state index < -0.39 is 17.7 Å². The normalized spacial score (nSPS) is 18.3. The third-order valence-corrected chi connectivity index (χ3v) is 7.80. The lowest BCUT2D eigenvalue weighted by atomic mass is 9.97. The van der Waals surface area contributed by atoms with Crippen molar-refractivity contribution in [3.05, 3.63) is 51.9 Å². The maximum absolute atomic E-state index is 12.6. The number of benzene rings is 1. The van der Waals surface area contributed by atoms with Crippen LogP contribution >= 0.6 is 23.1 Å². The van der Waals surface area contributed by atoms with Crippen LogP contribution in [0.2, 0.25) is 0 Å². The first-order chi connectivity index (χ1) is 16.0. The summed E-state index contributed by atoms with van der Waals surface area (Å²) in [6.45, 7) is 0. The van der Waals surface area contributed by atoms with Crippen LogP contribution in [0.1, 0.15) is 47.3 Å². The molecule has 0 saturated carbocycles. The number of amidine groups is 1. The molecule has 0 bridgehead atoms. The minimum atomic E-state index is -0.866. The van der Waals surface area contributed by atoms with E-state index in [1.165, 1.54) is 22.6 Å². The number of nitrogens with zero attached hydrogens (tertiary/aromatic N) is 2. The Morgan fingerprint density at radius 3 is 2.67 bits per heavy atom. The van der Waals surface area contributed by atoms with Gasteiger partial charge in [-0.15, -0.1) is 11.3 Å². The lowest BCUT2D eigenvalue weighted by Crippen LogP contribution is -2.44. The summed E-state index contributed by atoms with van der Waals surface area (Å²) >= 11 is 2.49. The van der Waals surface area contributed by atoms with Crippen LogP contribution in [0.4, 0.5) is 5.00 Å². The van der Waals surface area contributed by atoms with E-state index in [0.717, 1.165) is 55.0 Å². The summed E-state index contributed by atoms with van der Waals surface area (Å²) in [5, 5.41) is 15.9. The molecule has 2 aromatic rings. The molecule has 7 nitrogen and oxygen atoms in total. The van der Waals surface area contributed by atoms with Crippen molar-refractivity contribution in [2.24, 2.45) is 10.9 Å². The number of anilines is 1. The van der Waals surface area contributed by atoms with Crippen LogP contribution in [0.3, 0.4) is 0 Å². The molecule has 1 aromatic carbocycles. The van der Waals surface area contributed by atoms with Gasteiger partial charge in [0, 0.05) is 4.88 Å². The fraction of sp³-hybridized carbons (Fsp3) is 0.375. The predicted molar refractivity (Wildman–Crippen MR) is 130 cm³/mol. The maximum Gasteiger partial charge on any atom is 0.261 e. The van der Waals surface area contributed by atoms with Gasteiger partial charge in [-0.05, 0) is 43.2 Å². The molecular formula is C24H24N4O3S2. The Morgan fingerprint density at radius 2 is 1.94 bits per heavy atom. The molecule has 2 aliphatic rings. The van der Waals surface area contributed by atoms with Crippen LogP contribution in [-0.4, -0.2) is 28.6 Å². The van der Waals surface area contributed by atoms with Crippen molar-refractivity contribution in [1.29, 1.82) is 5.26 Å². The number of carbonyl (C=O) groups excluding carboxylic acids is 3. The number of thiophene rings is 1. The van der Waals surface area contributed by atoms with Gasteiger partial charge in [0.25, 0.3) is 5.91 Å². The Morgan fingerprint density at radius 1 is 1.18 bits per heavy atom. The zero-order valence-corrected chi connectivity index (χ0v) is 19.7. The Hall–Kier alpha value is -2.96. The Kier molecular flexibility index (Phi) is 7.57. The molecule has 3 amide bonds. The molecule has 0 saturated heterocycles. The third-order valence-electron chi connectivity index (χ3n) is 5.72. The second kappa shape index (κ2) is 10.8. The molecule has 0 radical (unpaired) electrons. The van der Waals surface area contributed by atoms with E-state index in [1.54, 1.807) is 0 Å². The van der Waals surface area contributed by atoms with Crippen molar-refractivity contribution >= 4 is 51.0 Å². The largest absolute Gasteiger partial charge is 0.316 e. The maximum atomic E-state index is 12.6. The fourth-order valence-electron chi connectivity index (χ4n) is 4.03. The number of aryl methyl sites for hydroxylation is 1. The Bertz CT molecular complexity index is 1130. The van der Waals surface area contributed by atoms with Gasteiger partial charge in [-0.1, -0.05) is 54.9 Å². The topological polar surface area (TPSA) is 111 Å². The van der Waals surface area contributed by atoms with Crippen molar-refractivity contribution in [2.75, 3.05) is 11.1 Å². The highest BCUT2D eigenvalue weighted by Crippen LogP contribution is 2.36. The number of carbonyl (C=O) groups is 3. The lowest BCUT2D eigenvalue weighted by molar-refractivity contribution is -0.133. The van der Waals surface area contributed by atoms with E-state index in [0.29, 0.717) is 10.6 Å². The monoisotopic (exact) mass is 480 g/mol. The highest BCUT2D eigenvalue weighted by molar-refractivity contribution is 8.14. The summed E-state index contributed by atoms with van der Waals surface area (Å²) in [4.78, 5) is 42.6. The first-order valence-corrected chi connectivity index (χ1v) is 12.8. The molecular weight excluding hydrogens is 456 g/mol. The number of aliphatic imine (C=N–C) groups is 1. The standard InChI is InChI=1S/C24H24N4O3S2/c25-13-18-16-10-6-1-2-7-11-19(16)33-23(18)26-20(29)14-32-24-27-21(30)17(22(31)28-24)12-15-8-4-3-5-9-15/h3-5,8-9,17H,1-2,6-7,10-12,14H2,(H,26,29)(H,27,28,30,31). The average molecular weight is 481 g/mol. The van der Waals surface area contributed by atoms with Crippen LogP contribution in [-0.2, 0) is 33.6 Å². The molecule has 9 heteroatoms. The average Bonchev–Trinajstić information content (AvgIpc) is 3.10. The molecule has 1 atom stereocenters. The number of thioether (sulfide) groups is 1. The van der Waals surface area contributed by atoms with Crippen molar-refractivity contribution in [3.63, 3.8) is 0 Å². The highest BCUT2D eigenvalue weighted by Gasteiger charge is 2.32. The zero-order chi connectivity index (χ0) is 23.2. The second-order valence-corrected chi connectivity index (χ2v) is 10.1. The van der Waals surface area contributed by atoms with Crippen LogP contribution in [0, 0.1) is 17.2 Å². The van der Waals surface area contributed by atoms with E-state index in [9.17, 15) is 19.6 Å². The van der Waals surface area contributed by atoms with Crippen LogP contribution in [0.25, 0.3) is 0 Å². The van der Waals surface area contributed by atoms with Crippen molar-refractivity contribution in [1.82, 2.24) is 5.32 Å². The first kappa shape index (κ1) is 23.2. The minimum absolute atomic E-state index is 0.0246. The number of hydrogen-bond acceptors (Lipinski definition) is 6. The molecule has 2 heterocycles. The number of nitriles is 1. The molecule has 1 aliphatic heterocycles. The number of amides is 3. The molecule has 1 aromatic heterocycles. The number of hydrogen-bond donors (Lipinski definition) is 2. The zero-order valence-electron chi connectivity index (χ0n) is 18.1. The van der Waals surface area contributed by atoms with Gasteiger partial charge >= 0.3 is 0 Å². The van der Waals surface area contributed by atoms with Crippen molar-refractivity contribution in [2.45, 2.75) is 44.9 Å². The molecule has 0 fully saturated rings. The van der Waals surface area contributed by atoms with Crippen molar-refractivity contribution < 1.29 is 14.4 Å². The predicted octanol–water partition coefficient (Wildman–Crippen LogP) is 3.82. The van der Waals surface area contributed by atoms with Gasteiger partial charge in [-0.3, -0.25) is 14.4 Å². The van der Waals surface area contributed by atoms with Gasteiger partial charge in [-0.25, -0.2) is 0 Å². The molecule has 1 unspecified atom stereocenters. The van der Waals surface area contributed by atoms with Crippen molar-refractivity contribution in [3.8, 4) is 6.07 Å². The molecule has 2 N–H and O–H groups in total. The molecule has 33 heavy (non-hydrogen) atoms. The Labute approximate surface area is 200 Å². The summed E-state index contributed by atoms with van der Waals surface area (Å²) < 4.78 is 0. The summed E-state index contributed by atoms with van der Waals surface area (Å²) in [6.07, 6.45) is 6.60. The lowest BCUT2D eigenvalue weighted by Gasteiger charge is -2.19. The molecule has 0 spiro atoms. The van der Waals surface area contributed by atoms with E-state index in [-0.39, 0.29) is 23.2 Å². The SMILES string of the molecule is N#Cc1c(NC(=O)CSC2=NC(=O)C(Cc3ccccc3)C(=O)N2)sc2c1CCCCCC2. The minimum Gasteiger partial charge on any atom is -0.316 e. The van der Waals surface area contributed by atoms with Gasteiger partial charge in [0.15, 0.2) is 5.17 Å². The summed E-state index contributed by atoms with van der Waals surface area (Å²) in [7, 11) is 0. The van der Waals surface area contributed by atoms with Crippen LogP contribution in [0.5, 0.6) is 0 Å². The Balaban J connectivity index is 1.36. The van der Waals surface area contributed by atoms with Crippen LogP contribution < -0.4 is 10.6 Å². The number of fused-ring (bicyclic) bond motifs is 1. The summed E-state index contributed by atoms with van der Waals surface area (Å²) in [6, 6.07) is 11.6. The molecule has 1 aliphatic carbocycles. The second-order valence-electron chi connectivity index (χ2n) is 8.06. The summed E-state index contributed by atoms with van der Waals surface area (Å²) in [5.41, 5.74) is 2.52. The fourth-order valence-corrected chi connectivity index (χ4v) is 5.95. The quantitative estimate of drug-likeness (QED) is 0.632. The smallest absolute Gasteiger partial charge is 0.261 e. The third kappa shape index (κ3) is 5.70. The highest BCUT2D eigenvalue weighted by atomic mass is 32.2. The molecule has 4 rings (SSSR count). The number of rotatable bonds is 5. The van der Waals surface area contributed by atoms with E-state index in [1.807, 2.05) is 30.3 Å².